The first-order chi connectivity index (χ1) is 13.8. The molecule has 0 aliphatic carbocycles. The van der Waals surface area contributed by atoms with Gasteiger partial charge in [-0.2, -0.15) is 0 Å². The molecule has 29 heavy (non-hydrogen) atoms. The summed E-state index contributed by atoms with van der Waals surface area (Å²) in [6, 6.07) is 10.1. The summed E-state index contributed by atoms with van der Waals surface area (Å²) in [7, 11) is 2.07. The van der Waals surface area contributed by atoms with Crippen LogP contribution in [0.5, 0.6) is 0 Å². The normalized spacial score (nSPS) is 22.6. The van der Waals surface area contributed by atoms with Gasteiger partial charge in [0.25, 0.3) is 0 Å². The van der Waals surface area contributed by atoms with Gasteiger partial charge in [0.1, 0.15) is 23.3 Å². The number of amides is 1. The highest BCUT2D eigenvalue weighted by Gasteiger charge is 2.41. The fourth-order valence-electron chi connectivity index (χ4n) is 4.27. The summed E-state index contributed by atoms with van der Waals surface area (Å²) in [6.45, 7) is 5.91. The van der Waals surface area contributed by atoms with Crippen LogP contribution in [0.25, 0.3) is 11.0 Å². The van der Waals surface area contributed by atoms with Crippen LogP contribution in [-0.4, -0.2) is 50.6 Å². The average molecular weight is 391 g/mol. The van der Waals surface area contributed by atoms with Gasteiger partial charge in [-0.3, -0.25) is 9.69 Å². The van der Waals surface area contributed by atoms with Crippen molar-refractivity contribution >= 4 is 28.6 Å². The van der Waals surface area contributed by atoms with Gasteiger partial charge in [0.2, 0.25) is 5.91 Å². The Kier molecular flexibility index (Phi) is 3.89. The average Bonchev–Trinajstić information content (AvgIpc) is 3.11. The second kappa shape index (κ2) is 6.25. The minimum atomic E-state index is -0.818. The number of imidazole rings is 1. The fraction of sp³-hybridized carbons (Fsp3) is 0.429. The number of benzene rings is 1. The van der Waals surface area contributed by atoms with Crippen molar-refractivity contribution in [2.24, 2.45) is 12.8 Å². The summed E-state index contributed by atoms with van der Waals surface area (Å²) in [4.78, 5) is 30.4. The molecule has 0 bridgehead atoms. The number of aryl methyl sites for hydroxylation is 2. The first-order valence-corrected chi connectivity index (χ1v) is 9.96. The minimum Gasteiger partial charge on any atom is -0.355 e. The Balaban J connectivity index is 1.37. The van der Waals surface area contributed by atoms with E-state index in [4.69, 9.17) is 10.7 Å². The zero-order valence-corrected chi connectivity index (χ0v) is 17.0. The first-order valence-electron chi connectivity index (χ1n) is 9.96. The first kappa shape index (κ1) is 18.1. The molecule has 2 aliphatic heterocycles. The van der Waals surface area contributed by atoms with Crippen LogP contribution in [0.1, 0.15) is 30.9 Å². The number of carbonyl (C=O) groups is 1. The van der Waals surface area contributed by atoms with E-state index >= 15 is 0 Å². The van der Waals surface area contributed by atoms with Gasteiger partial charge in [0.05, 0.1) is 22.5 Å². The molecule has 2 fully saturated rings. The minimum absolute atomic E-state index is 0.0808. The summed E-state index contributed by atoms with van der Waals surface area (Å²) in [5.41, 5.74) is 7.46. The van der Waals surface area contributed by atoms with Gasteiger partial charge in [-0.05, 0) is 32.4 Å². The third-order valence-corrected chi connectivity index (χ3v) is 6.07. The Hall–Kier alpha value is -3.00. The van der Waals surface area contributed by atoms with E-state index in [1.54, 1.807) is 11.8 Å². The second-order valence-electron chi connectivity index (χ2n) is 8.38. The van der Waals surface area contributed by atoms with Crippen LogP contribution in [0.4, 0.5) is 11.6 Å². The summed E-state index contributed by atoms with van der Waals surface area (Å²) in [6.07, 6.45) is 0.628. The number of anilines is 2. The molecule has 0 radical (unpaired) electrons. The van der Waals surface area contributed by atoms with Gasteiger partial charge in [-0.1, -0.05) is 12.1 Å². The van der Waals surface area contributed by atoms with Crippen molar-refractivity contribution in [3.63, 3.8) is 0 Å². The molecule has 2 saturated heterocycles. The number of nitrogens with zero attached hydrogens (tertiary/aromatic N) is 6. The molecule has 3 aromatic rings. The quantitative estimate of drug-likeness (QED) is 0.731. The molecule has 2 aliphatic rings. The largest absolute Gasteiger partial charge is 0.355 e. The van der Waals surface area contributed by atoms with Gasteiger partial charge in [0, 0.05) is 32.7 Å². The molecule has 1 unspecified atom stereocenters. The van der Waals surface area contributed by atoms with E-state index in [9.17, 15) is 4.79 Å². The van der Waals surface area contributed by atoms with E-state index in [0.717, 1.165) is 35.8 Å². The molecule has 2 aromatic heterocycles. The molecule has 0 saturated carbocycles. The highest BCUT2D eigenvalue weighted by Crippen LogP contribution is 2.34. The number of hydrogen-bond acceptors (Lipinski definition) is 6. The monoisotopic (exact) mass is 391 g/mol. The van der Waals surface area contributed by atoms with Gasteiger partial charge in [-0.25, -0.2) is 15.0 Å². The van der Waals surface area contributed by atoms with Crippen LogP contribution in [0, 0.1) is 6.92 Å². The highest BCUT2D eigenvalue weighted by atomic mass is 16.2. The van der Waals surface area contributed by atoms with Crippen molar-refractivity contribution in [1.82, 2.24) is 19.5 Å². The maximum absolute atomic E-state index is 12.6. The number of nitrogens with two attached hydrogens (primary N) is 1. The van der Waals surface area contributed by atoms with E-state index in [-0.39, 0.29) is 5.91 Å². The van der Waals surface area contributed by atoms with Crippen molar-refractivity contribution in [3.8, 4) is 0 Å². The molecule has 1 atom stereocenters. The van der Waals surface area contributed by atoms with Crippen molar-refractivity contribution in [3.05, 3.63) is 42.0 Å². The molecule has 5 rings (SSSR count). The van der Waals surface area contributed by atoms with E-state index in [1.807, 2.05) is 31.2 Å². The predicted octanol–water partition coefficient (Wildman–Crippen LogP) is 1.73. The zero-order chi connectivity index (χ0) is 20.3. The maximum Gasteiger partial charge on any atom is 0.248 e. The lowest BCUT2D eigenvalue weighted by atomic mass is 9.99. The summed E-state index contributed by atoms with van der Waals surface area (Å²) in [5, 5.41) is 0. The van der Waals surface area contributed by atoms with Crippen LogP contribution in [0.2, 0.25) is 0 Å². The Morgan fingerprint density at radius 1 is 1.14 bits per heavy atom. The van der Waals surface area contributed by atoms with Crippen LogP contribution < -0.4 is 15.5 Å². The summed E-state index contributed by atoms with van der Waals surface area (Å²) < 4.78 is 2.18. The standard InChI is InChI=1S/C21H25N7O/c1-13-23-17(10-18(24-13)28-9-8-21(2,22)20(28)29)27-11-14(12-27)19-25-15-6-4-5-7-16(15)26(19)3/h4-7,10,14H,8-9,11-12,22H2,1-3H3. The lowest BCUT2D eigenvalue weighted by molar-refractivity contribution is -0.121. The van der Waals surface area contributed by atoms with Gasteiger partial charge < -0.3 is 15.2 Å². The lowest BCUT2D eigenvalue weighted by Gasteiger charge is -2.40. The smallest absolute Gasteiger partial charge is 0.248 e. The van der Waals surface area contributed by atoms with E-state index < -0.39 is 5.54 Å². The Morgan fingerprint density at radius 3 is 2.55 bits per heavy atom. The lowest BCUT2D eigenvalue weighted by Crippen LogP contribution is -2.47. The molecule has 0 spiro atoms. The zero-order valence-electron chi connectivity index (χ0n) is 17.0. The fourth-order valence-corrected chi connectivity index (χ4v) is 4.27. The van der Waals surface area contributed by atoms with Crippen LogP contribution >= 0.6 is 0 Å². The number of fused-ring (bicyclic) bond motifs is 1. The number of carbonyl (C=O) groups excluding carboxylic acids is 1. The topological polar surface area (TPSA) is 93.2 Å². The molecule has 8 heteroatoms. The Labute approximate surface area is 169 Å². The van der Waals surface area contributed by atoms with Crippen molar-refractivity contribution in [1.29, 1.82) is 0 Å². The molecule has 1 aromatic carbocycles. The highest BCUT2D eigenvalue weighted by molar-refractivity contribution is 6.01. The number of para-hydroxylation sites is 2. The predicted molar refractivity (Wildman–Crippen MR) is 112 cm³/mol. The van der Waals surface area contributed by atoms with E-state index in [0.29, 0.717) is 30.5 Å². The molecule has 1 amide bonds. The molecule has 4 heterocycles. The van der Waals surface area contributed by atoms with Crippen molar-refractivity contribution in [2.75, 3.05) is 29.4 Å². The van der Waals surface area contributed by atoms with Gasteiger partial charge in [0.15, 0.2) is 0 Å². The molecule has 8 nitrogen and oxygen atoms in total. The van der Waals surface area contributed by atoms with Crippen LogP contribution in [-0.2, 0) is 11.8 Å². The van der Waals surface area contributed by atoms with Crippen molar-refractivity contribution < 1.29 is 4.79 Å². The van der Waals surface area contributed by atoms with Crippen molar-refractivity contribution in [2.45, 2.75) is 31.7 Å². The third kappa shape index (κ3) is 2.86. The number of aromatic nitrogens is 4. The SMILES string of the molecule is Cc1nc(N2CC(c3nc4ccccc4n3C)C2)cc(N2CCC(C)(N)C2=O)n1. The van der Waals surface area contributed by atoms with Gasteiger partial charge >= 0.3 is 0 Å². The Morgan fingerprint density at radius 2 is 1.86 bits per heavy atom. The summed E-state index contributed by atoms with van der Waals surface area (Å²) in [5.74, 6) is 3.51. The molecule has 150 valence electrons. The molecular weight excluding hydrogens is 366 g/mol. The number of hydrogen-bond donors (Lipinski definition) is 1. The maximum atomic E-state index is 12.6. The molecular formula is C21H25N7O. The second-order valence-corrected chi connectivity index (χ2v) is 8.38. The van der Waals surface area contributed by atoms with Crippen LogP contribution in [0.3, 0.4) is 0 Å². The van der Waals surface area contributed by atoms with E-state index in [2.05, 4.69) is 32.5 Å². The van der Waals surface area contributed by atoms with E-state index in [1.165, 1.54) is 0 Å². The Bertz CT molecular complexity index is 1110. The van der Waals surface area contributed by atoms with Gasteiger partial charge in [-0.15, -0.1) is 0 Å². The summed E-state index contributed by atoms with van der Waals surface area (Å²) >= 11 is 0. The number of rotatable bonds is 3. The third-order valence-electron chi connectivity index (χ3n) is 6.07. The van der Waals surface area contributed by atoms with Crippen LogP contribution in [0.15, 0.2) is 30.3 Å². The molecule has 2 N–H and O–H groups in total.